The highest BCUT2D eigenvalue weighted by molar-refractivity contribution is 5.94. The predicted octanol–water partition coefficient (Wildman–Crippen LogP) is 4.76. The zero-order valence-corrected chi connectivity index (χ0v) is 17.2. The third-order valence-electron chi connectivity index (χ3n) is 4.72. The summed E-state index contributed by atoms with van der Waals surface area (Å²) in [5.41, 5.74) is 0.420. The molecule has 3 rings (SSSR count). The lowest BCUT2D eigenvalue weighted by molar-refractivity contribution is -0.137. The molecule has 0 saturated carbocycles. The summed E-state index contributed by atoms with van der Waals surface area (Å²) in [5, 5.41) is 12.7. The number of methoxy groups -OCH3 is 1. The molecule has 0 spiro atoms. The van der Waals surface area contributed by atoms with Gasteiger partial charge in [-0.1, -0.05) is 42.5 Å². The van der Waals surface area contributed by atoms with Crippen molar-refractivity contribution in [3.8, 4) is 11.5 Å². The lowest BCUT2D eigenvalue weighted by Gasteiger charge is -2.15. The highest BCUT2D eigenvalue weighted by Gasteiger charge is 2.30. The Morgan fingerprint density at radius 3 is 2.44 bits per heavy atom. The number of hydrogen-bond acceptors (Lipinski definition) is 4. The van der Waals surface area contributed by atoms with Crippen molar-refractivity contribution < 1.29 is 32.5 Å². The number of benzene rings is 3. The van der Waals surface area contributed by atoms with E-state index >= 15 is 0 Å². The summed E-state index contributed by atoms with van der Waals surface area (Å²) in [6.07, 6.45) is -5.81. The Morgan fingerprint density at radius 1 is 1.00 bits per heavy atom. The molecule has 8 heteroatoms. The highest BCUT2D eigenvalue weighted by atomic mass is 19.4. The number of carbonyl (C=O) groups excluding carboxylic acids is 1. The van der Waals surface area contributed by atoms with Crippen LogP contribution in [0.2, 0.25) is 0 Å². The Balaban J connectivity index is 1.62. The van der Waals surface area contributed by atoms with Crippen LogP contribution in [0.1, 0.15) is 33.2 Å². The first kappa shape index (κ1) is 23.1. The van der Waals surface area contributed by atoms with Gasteiger partial charge < -0.3 is 19.9 Å². The fourth-order valence-corrected chi connectivity index (χ4v) is 2.99. The molecule has 0 saturated heterocycles. The molecule has 0 aliphatic carbocycles. The largest absolute Gasteiger partial charge is 0.493 e. The molecule has 0 radical (unpaired) electrons. The summed E-state index contributed by atoms with van der Waals surface area (Å²) in [7, 11) is 1.45. The minimum absolute atomic E-state index is 0.0577. The van der Waals surface area contributed by atoms with Gasteiger partial charge in [-0.15, -0.1) is 0 Å². The summed E-state index contributed by atoms with van der Waals surface area (Å²) < 4.78 is 49.6. The summed E-state index contributed by atoms with van der Waals surface area (Å²) in [4.78, 5) is 12.5. The van der Waals surface area contributed by atoms with Gasteiger partial charge in [0.05, 0.1) is 18.8 Å². The Hall–Kier alpha value is -3.52. The summed E-state index contributed by atoms with van der Waals surface area (Å²) in [6.45, 7) is 0.0701. The van der Waals surface area contributed by atoms with E-state index in [1.54, 1.807) is 6.07 Å². The van der Waals surface area contributed by atoms with Gasteiger partial charge >= 0.3 is 6.18 Å². The molecule has 1 amide bonds. The first-order chi connectivity index (χ1) is 15.3. The number of aliphatic hydroxyl groups is 1. The SMILES string of the molecule is COc1cc(C(=O)NCC(O)c2cccc(C(F)(F)F)c2)ccc1OCc1ccccc1. The summed E-state index contributed by atoms with van der Waals surface area (Å²) >= 11 is 0. The Kier molecular flexibility index (Phi) is 7.37. The minimum Gasteiger partial charge on any atom is -0.493 e. The molecule has 168 valence electrons. The van der Waals surface area contributed by atoms with Crippen molar-refractivity contribution in [2.24, 2.45) is 0 Å². The number of rotatable bonds is 8. The normalized spacial score (nSPS) is 12.2. The highest BCUT2D eigenvalue weighted by Crippen LogP contribution is 2.31. The molecular formula is C24H22F3NO4. The third kappa shape index (κ3) is 6.01. The first-order valence-electron chi connectivity index (χ1n) is 9.76. The van der Waals surface area contributed by atoms with E-state index in [9.17, 15) is 23.1 Å². The average molecular weight is 445 g/mol. The zero-order valence-electron chi connectivity index (χ0n) is 17.2. The van der Waals surface area contributed by atoms with Crippen LogP contribution < -0.4 is 14.8 Å². The molecule has 0 aromatic heterocycles. The second-order valence-electron chi connectivity index (χ2n) is 6.99. The molecule has 0 bridgehead atoms. The number of aliphatic hydroxyl groups excluding tert-OH is 1. The van der Waals surface area contributed by atoms with Gasteiger partial charge in [0.1, 0.15) is 6.61 Å². The van der Waals surface area contributed by atoms with Gasteiger partial charge in [0.25, 0.3) is 5.91 Å². The van der Waals surface area contributed by atoms with Gasteiger partial charge in [-0.05, 0) is 41.5 Å². The van der Waals surface area contributed by atoms with E-state index in [1.165, 1.54) is 31.4 Å². The van der Waals surface area contributed by atoms with Crippen LogP contribution in [0, 0.1) is 0 Å². The van der Waals surface area contributed by atoms with Crippen molar-refractivity contribution in [2.45, 2.75) is 18.9 Å². The van der Waals surface area contributed by atoms with Crippen LogP contribution in [0.5, 0.6) is 11.5 Å². The smallest absolute Gasteiger partial charge is 0.416 e. The molecule has 5 nitrogen and oxygen atoms in total. The van der Waals surface area contributed by atoms with Crippen molar-refractivity contribution in [3.05, 3.63) is 95.1 Å². The maximum Gasteiger partial charge on any atom is 0.416 e. The molecule has 3 aromatic rings. The van der Waals surface area contributed by atoms with E-state index in [4.69, 9.17) is 9.47 Å². The van der Waals surface area contributed by atoms with Crippen molar-refractivity contribution in [3.63, 3.8) is 0 Å². The standard InChI is InChI=1S/C24H22F3NO4/c1-31-22-13-18(10-11-21(22)32-15-16-6-3-2-4-7-16)23(30)28-14-20(29)17-8-5-9-19(12-17)24(25,26)27/h2-13,20,29H,14-15H2,1H3,(H,28,30). The van der Waals surface area contributed by atoms with Crippen molar-refractivity contribution >= 4 is 5.91 Å². The molecular weight excluding hydrogens is 423 g/mol. The summed E-state index contributed by atoms with van der Waals surface area (Å²) in [5.74, 6) is 0.299. The van der Waals surface area contributed by atoms with Gasteiger partial charge in [-0.3, -0.25) is 4.79 Å². The zero-order chi connectivity index (χ0) is 23.1. The van der Waals surface area contributed by atoms with E-state index in [-0.39, 0.29) is 17.7 Å². The van der Waals surface area contributed by atoms with Crippen LogP contribution in [-0.4, -0.2) is 24.7 Å². The number of amides is 1. The molecule has 0 fully saturated rings. The van der Waals surface area contributed by atoms with Crippen LogP contribution in [0.3, 0.4) is 0 Å². The number of alkyl halides is 3. The van der Waals surface area contributed by atoms with Crippen LogP contribution >= 0.6 is 0 Å². The number of carbonyl (C=O) groups is 1. The first-order valence-corrected chi connectivity index (χ1v) is 9.76. The van der Waals surface area contributed by atoms with Gasteiger partial charge in [0, 0.05) is 12.1 Å². The average Bonchev–Trinajstić information content (AvgIpc) is 2.81. The van der Waals surface area contributed by atoms with Crippen molar-refractivity contribution in [1.82, 2.24) is 5.32 Å². The lowest BCUT2D eigenvalue weighted by atomic mass is 10.1. The number of ether oxygens (including phenoxy) is 2. The van der Waals surface area contributed by atoms with Crippen LogP contribution in [-0.2, 0) is 12.8 Å². The Morgan fingerprint density at radius 2 is 1.75 bits per heavy atom. The Bertz CT molecular complexity index is 1050. The van der Waals surface area contributed by atoms with E-state index in [1.807, 2.05) is 30.3 Å². The van der Waals surface area contributed by atoms with Gasteiger partial charge in [-0.25, -0.2) is 0 Å². The van der Waals surface area contributed by atoms with E-state index in [2.05, 4.69) is 5.32 Å². The second-order valence-corrected chi connectivity index (χ2v) is 6.99. The van der Waals surface area contributed by atoms with E-state index < -0.39 is 23.8 Å². The molecule has 0 aliphatic heterocycles. The number of nitrogens with one attached hydrogen (secondary N) is 1. The predicted molar refractivity (Wildman–Crippen MR) is 113 cm³/mol. The third-order valence-corrected chi connectivity index (χ3v) is 4.72. The van der Waals surface area contributed by atoms with E-state index in [0.717, 1.165) is 17.7 Å². The van der Waals surface area contributed by atoms with Crippen molar-refractivity contribution in [1.29, 1.82) is 0 Å². The fraction of sp³-hybridized carbons (Fsp3) is 0.208. The van der Waals surface area contributed by atoms with Crippen molar-refractivity contribution in [2.75, 3.05) is 13.7 Å². The monoisotopic (exact) mass is 445 g/mol. The van der Waals surface area contributed by atoms with Crippen LogP contribution in [0.4, 0.5) is 13.2 Å². The maximum absolute atomic E-state index is 12.8. The topological polar surface area (TPSA) is 67.8 Å². The molecule has 1 atom stereocenters. The van der Waals surface area contributed by atoms with Gasteiger partial charge in [0.15, 0.2) is 11.5 Å². The van der Waals surface area contributed by atoms with E-state index in [0.29, 0.717) is 18.1 Å². The quantitative estimate of drug-likeness (QED) is 0.525. The second kappa shape index (κ2) is 10.2. The Labute approximate surface area is 183 Å². The molecule has 0 aliphatic rings. The molecule has 3 aromatic carbocycles. The molecule has 32 heavy (non-hydrogen) atoms. The summed E-state index contributed by atoms with van der Waals surface area (Å²) in [6, 6.07) is 18.5. The molecule has 2 N–H and O–H groups in total. The van der Waals surface area contributed by atoms with Crippen LogP contribution in [0.25, 0.3) is 0 Å². The number of hydrogen-bond donors (Lipinski definition) is 2. The molecule has 0 heterocycles. The lowest BCUT2D eigenvalue weighted by Crippen LogP contribution is -2.28. The molecule has 1 unspecified atom stereocenters. The number of halogens is 3. The maximum atomic E-state index is 12.8. The van der Waals surface area contributed by atoms with Gasteiger partial charge in [-0.2, -0.15) is 13.2 Å². The minimum atomic E-state index is -4.51. The van der Waals surface area contributed by atoms with Gasteiger partial charge in [0.2, 0.25) is 0 Å². The fourth-order valence-electron chi connectivity index (χ4n) is 2.99. The van der Waals surface area contributed by atoms with Crippen LogP contribution in [0.15, 0.2) is 72.8 Å².